The third-order valence-corrected chi connectivity index (χ3v) is 5.20. The average molecular weight is 412 g/mol. The molecule has 0 amide bonds. The fourth-order valence-electron chi connectivity index (χ4n) is 3.67. The summed E-state index contributed by atoms with van der Waals surface area (Å²) in [6.07, 6.45) is 3.50. The Morgan fingerprint density at radius 2 is 1.97 bits per heavy atom. The molecular formula is C23H20N6O2. The first kappa shape index (κ1) is 19.0. The quantitative estimate of drug-likeness (QED) is 0.424. The van der Waals surface area contributed by atoms with E-state index in [4.69, 9.17) is 9.47 Å². The van der Waals surface area contributed by atoms with Gasteiger partial charge in [-0.05, 0) is 31.0 Å². The molecule has 1 aliphatic rings. The van der Waals surface area contributed by atoms with Crippen molar-refractivity contribution < 1.29 is 9.47 Å². The number of nitrogens with zero attached hydrogens (tertiary/aromatic N) is 6. The summed E-state index contributed by atoms with van der Waals surface area (Å²) >= 11 is 0. The highest BCUT2D eigenvalue weighted by Gasteiger charge is 2.25. The van der Waals surface area contributed by atoms with Crippen molar-refractivity contribution in [1.82, 2.24) is 29.3 Å². The second kappa shape index (κ2) is 7.70. The Morgan fingerprint density at radius 1 is 1.06 bits per heavy atom. The van der Waals surface area contributed by atoms with Gasteiger partial charge in [-0.1, -0.05) is 17.6 Å². The zero-order valence-corrected chi connectivity index (χ0v) is 17.5. The Kier molecular flexibility index (Phi) is 4.73. The summed E-state index contributed by atoms with van der Waals surface area (Å²) in [4.78, 5) is 8.81. The van der Waals surface area contributed by atoms with Crippen molar-refractivity contribution in [3.63, 3.8) is 0 Å². The molecule has 8 nitrogen and oxygen atoms in total. The van der Waals surface area contributed by atoms with Crippen LogP contribution in [0.3, 0.4) is 0 Å². The summed E-state index contributed by atoms with van der Waals surface area (Å²) in [5.41, 5.74) is 5.61. The van der Waals surface area contributed by atoms with Crippen molar-refractivity contribution in [2.24, 2.45) is 0 Å². The first-order valence-corrected chi connectivity index (χ1v) is 9.78. The molecule has 0 aliphatic carbocycles. The fraction of sp³-hybridized carbons (Fsp3) is 0.217. The Bertz CT molecular complexity index is 1320. The van der Waals surface area contributed by atoms with Crippen LogP contribution < -0.4 is 4.74 Å². The number of aryl methyl sites for hydroxylation is 1. The van der Waals surface area contributed by atoms with Gasteiger partial charge in [0.2, 0.25) is 5.88 Å². The topological polar surface area (TPSA) is 79.9 Å². The minimum absolute atomic E-state index is 0.376. The van der Waals surface area contributed by atoms with E-state index in [2.05, 4.69) is 66.3 Å². The number of methoxy groups -OCH3 is 2. The molecule has 0 unspecified atom stereocenters. The third-order valence-electron chi connectivity index (χ3n) is 5.20. The van der Waals surface area contributed by atoms with E-state index in [0.717, 1.165) is 39.7 Å². The standard InChI is InChI=1S/C23H20N6O2/c1-15-4-8-19-17(10-15)23-27-26-21(13-30-2)28(23)12-20-18(25-14-29(19)20)7-5-16-6-9-22(31-3)24-11-16/h4,6,8-11,14H,12-13H2,1-3H3. The van der Waals surface area contributed by atoms with E-state index in [1.807, 2.05) is 12.4 Å². The number of pyridine rings is 1. The Morgan fingerprint density at radius 3 is 2.74 bits per heavy atom. The fourth-order valence-corrected chi connectivity index (χ4v) is 3.67. The summed E-state index contributed by atoms with van der Waals surface area (Å²) < 4.78 is 14.6. The third kappa shape index (κ3) is 3.35. The van der Waals surface area contributed by atoms with Gasteiger partial charge in [-0.15, -0.1) is 10.2 Å². The molecule has 0 bridgehead atoms. The van der Waals surface area contributed by atoms with E-state index >= 15 is 0 Å². The van der Waals surface area contributed by atoms with Gasteiger partial charge in [0.1, 0.15) is 18.6 Å². The highest BCUT2D eigenvalue weighted by atomic mass is 16.5. The van der Waals surface area contributed by atoms with Gasteiger partial charge < -0.3 is 14.0 Å². The molecule has 0 atom stereocenters. The van der Waals surface area contributed by atoms with Gasteiger partial charge in [0.15, 0.2) is 11.6 Å². The van der Waals surface area contributed by atoms with Gasteiger partial charge in [0.05, 0.1) is 25.0 Å². The maximum atomic E-state index is 5.34. The number of imidazole rings is 1. The van der Waals surface area contributed by atoms with Crippen LogP contribution in [0.2, 0.25) is 0 Å². The van der Waals surface area contributed by atoms with Crippen molar-refractivity contribution in [2.75, 3.05) is 14.2 Å². The highest BCUT2D eigenvalue weighted by Crippen LogP contribution is 2.33. The SMILES string of the molecule is COCc1nnc2n1Cc1c(C#Cc3ccc(OC)nc3)ncn1-c1ccc(C)cc1-2. The van der Waals surface area contributed by atoms with Gasteiger partial charge in [-0.2, -0.15) is 0 Å². The number of fused-ring (bicyclic) bond motifs is 5. The van der Waals surface area contributed by atoms with Crippen LogP contribution in [-0.4, -0.2) is 43.5 Å². The molecule has 0 saturated heterocycles. The number of ether oxygens (including phenoxy) is 2. The zero-order chi connectivity index (χ0) is 21.4. The number of rotatable bonds is 3. The Balaban J connectivity index is 1.64. The molecule has 154 valence electrons. The first-order chi connectivity index (χ1) is 15.2. The molecule has 0 saturated carbocycles. The normalized spacial score (nSPS) is 11.6. The second-order valence-electron chi connectivity index (χ2n) is 7.23. The van der Waals surface area contributed by atoms with Crippen LogP contribution in [0.1, 0.15) is 28.3 Å². The minimum Gasteiger partial charge on any atom is -0.481 e. The van der Waals surface area contributed by atoms with Gasteiger partial charge in [-0.3, -0.25) is 4.57 Å². The molecule has 1 aliphatic heterocycles. The molecule has 4 aromatic rings. The van der Waals surface area contributed by atoms with Crippen LogP contribution >= 0.6 is 0 Å². The number of benzene rings is 1. The summed E-state index contributed by atoms with van der Waals surface area (Å²) in [6.45, 7) is 2.98. The molecule has 8 heteroatoms. The molecule has 0 spiro atoms. The largest absolute Gasteiger partial charge is 0.481 e. The van der Waals surface area contributed by atoms with Crippen molar-refractivity contribution in [2.45, 2.75) is 20.1 Å². The van der Waals surface area contributed by atoms with E-state index < -0.39 is 0 Å². The monoisotopic (exact) mass is 412 g/mol. The van der Waals surface area contributed by atoms with Crippen LogP contribution in [0.25, 0.3) is 17.1 Å². The van der Waals surface area contributed by atoms with E-state index in [0.29, 0.717) is 24.7 Å². The van der Waals surface area contributed by atoms with Crippen molar-refractivity contribution in [3.05, 3.63) is 71.2 Å². The van der Waals surface area contributed by atoms with Crippen LogP contribution in [0.15, 0.2) is 42.9 Å². The average Bonchev–Trinajstić information content (AvgIpc) is 3.34. The van der Waals surface area contributed by atoms with Gasteiger partial charge >= 0.3 is 0 Å². The van der Waals surface area contributed by atoms with Crippen molar-refractivity contribution >= 4 is 0 Å². The summed E-state index contributed by atoms with van der Waals surface area (Å²) in [5.74, 6) is 8.48. The number of hydrogen-bond donors (Lipinski definition) is 0. The van der Waals surface area contributed by atoms with Crippen LogP contribution in [0, 0.1) is 18.8 Å². The lowest BCUT2D eigenvalue weighted by Gasteiger charge is -2.08. The van der Waals surface area contributed by atoms with Crippen LogP contribution in [0.4, 0.5) is 0 Å². The molecule has 0 radical (unpaired) electrons. The maximum absolute atomic E-state index is 5.34. The van der Waals surface area contributed by atoms with Crippen LogP contribution in [0.5, 0.6) is 5.88 Å². The second-order valence-corrected chi connectivity index (χ2v) is 7.23. The number of aromatic nitrogens is 6. The molecular weight excluding hydrogens is 392 g/mol. The van der Waals surface area contributed by atoms with Crippen LogP contribution in [-0.2, 0) is 17.9 Å². The molecule has 4 heterocycles. The molecule has 0 fully saturated rings. The molecule has 31 heavy (non-hydrogen) atoms. The Labute approximate surface area is 179 Å². The summed E-state index contributed by atoms with van der Waals surface area (Å²) in [5, 5.41) is 8.82. The van der Waals surface area contributed by atoms with Gasteiger partial charge in [0.25, 0.3) is 0 Å². The number of hydrogen-bond acceptors (Lipinski definition) is 6. The van der Waals surface area contributed by atoms with E-state index in [1.165, 1.54) is 0 Å². The zero-order valence-electron chi connectivity index (χ0n) is 17.5. The molecule has 1 aromatic carbocycles. The van der Waals surface area contributed by atoms with Crippen molar-refractivity contribution in [3.8, 4) is 34.8 Å². The van der Waals surface area contributed by atoms with Gasteiger partial charge in [-0.25, -0.2) is 9.97 Å². The summed E-state index contributed by atoms with van der Waals surface area (Å²) in [7, 11) is 3.24. The lowest BCUT2D eigenvalue weighted by Crippen LogP contribution is -2.09. The molecule has 0 N–H and O–H groups in total. The van der Waals surface area contributed by atoms with E-state index in [-0.39, 0.29) is 0 Å². The lowest BCUT2D eigenvalue weighted by atomic mass is 10.1. The van der Waals surface area contributed by atoms with Crippen molar-refractivity contribution in [1.29, 1.82) is 0 Å². The van der Waals surface area contributed by atoms with E-state index in [1.54, 1.807) is 26.5 Å². The molecule has 5 rings (SSSR count). The first-order valence-electron chi connectivity index (χ1n) is 9.78. The predicted octanol–water partition coefficient (Wildman–Crippen LogP) is 2.75. The highest BCUT2D eigenvalue weighted by molar-refractivity contribution is 5.70. The lowest BCUT2D eigenvalue weighted by molar-refractivity contribution is 0.174. The predicted molar refractivity (Wildman–Crippen MR) is 114 cm³/mol. The van der Waals surface area contributed by atoms with E-state index in [9.17, 15) is 0 Å². The summed E-state index contributed by atoms with van der Waals surface area (Å²) in [6, 6.07) is 9.95. The Hall–Kier alpha value is -3.96. The smallest absolute Gasteiger partial charge is 0.212 e. The maximum Gasteiger partial charge on any atom is 0.212 e. The van der Waals surface area contributed by atoms with Gasteiger partial charge in [0, 0.05) is 30.5 Å². The minimum atomic E-state index is 0.376. The molecule has 3 aromatic heterocycles.